The van der Waals surface area contributed by atoms with Crippen LogP contribution in [0.4, 0.5) is 0 Å². The Bertz CT molecular complexity index is 258. The van der Waals surface area contributed by atoms with Gasteiger partial charge in [-0.1, -0.05) is 36.5 Å². The first-order chi connectivity index (χ1) is 6.90. The van der Waals surface area contributed by atoms with Crippen molar-refractivity contribution in [2.45, 2.75) is 31.5 Å². The fourth-order valence-corrected chi connectivity index (χ4v) is 2.65. The SMILES string of the molecule is C1=CC2CCC1C2.C1=C[C@H]2C=C[C@@H]1O2. The molecule has 1 heteroatoms. The Morgan fingerprint density at radius 2 is 1.21 bits per heavy atom. The Labute approximate surface area is 85.1 Å². The first-order valence-electron chi connectivity index (χ1n) is 5.60. The van der Waals surface area contributed by atoms with Gasteiger partial charge in [0.05, 0.1) is 12.2 Å². The van der Waals surface area contributed by atoms with Gasteiger partial charge in [-0.25, -0.2) is 0 Å². The van der Waals surface area contributed by atoms with Crippen LogP contribution in [0.3, 0.4) is 0 Å². The van der Waals surface area contributed by atoms with Crippen LogP contribution in [0.25, 0.3) is 0 Å². The van der Waals surface area contributed by atoms with Gasteiger partial charge in [0.1, 0.15) is 0 Å². The summed E-state index contributed by atoms with van der Waals surface area (Å²) in [5.41, 5.74) is 0. The number of hydrogen-bond donors (Lipinski definition) is 0. The number of fused-ring (bicyclic) bond motifs is 4. The molecular formula is C13H16O. The van der Waals surface area contributed by atoms with Crippen molar-refractivity contribution in [1.82, 2.24) is 0 Å². The number of hydrogen-bond acceptors (Lipinski definition) is 1. The van der Waals surface area contributed by atoms with Crippen LogP contribution in [-0.2, 0) is 4.74 Å². The van der Waals surface area contributed by atoms with Crippen molar-refractivity contribution in [3.63, 3.8) is 0 Å². The Kier molecular flexibility index (Phi) is 2.06. The monoisotopic (exact) mass is 188 g/mol. The molecule has 0 amide bonds. The molecule has 0 radical (unpaired) electrons. The van der Waals surface area contributed by atoms with E-state index in [1.807, 2.05) is 0 Å². The minimum atomic E-state index is 0.310. The summed E-state index contributed by atoms with van der Waals surface area (Å²) in [6.45, 7) is 0. The molecule has 4 rings (SSSR count). The maximum atomic E-state index is 5.25. The summed E-state index contributed by atoms with van der Waals surface area (Å²) in [5, 5.41) is 0. The van der Waals surface area contributed by atoms with Crippen molar-refractivity contribution in [3.8, 4) is 0 Å². The smallest absolute Gasteiger partial charge is 0.0952 e. The van der Waals surface area contributed by atoms with Crippen molar-refractivity contribution in [1.29, 1.82) is 0 Å². The highest BCUT2D eigenvalue weighted by atomic mass is 16.5. The van der Waals surface area contributed by atoms with Gasteiger partial charge in [-0.2, -0.15) is 0 Å². The lowest BCUT2D eigenvalue weighted by Crippen LogP contribution is -1.97. The maximum Gasteiger partial charge on any atom is 0.0952 e. The van der Waals surface area contributed by atoms with Crippen molar-refractivity contribution in [2.75, 3.05) is 0 Å². The van der Waals surface area contributed by atoms with Gasteiger partial charge < -0.3 is 4.74 Å². The largest absolute Gasteiger partial charge is 0.359 e. The lowest BCUT2D eigenvalue weighted by Gasteiger charge is -1.96. The molecule has 2 heterocycles. The summed E-state index contributed by atoms with van der Waals surface area (Å²) >= 11 is 0. The average Bonchev–Trinajstić information content (AvgIpc) is 3.01. The van der Waals surface area contributed by atoms with Gasteiger partial charge in [0.25, 0.3) is 0 Å². The highest BCUT2D eigenvalue weighted by molar-refractivity contribution is 5.22. The van der Waals surface area contributed by atoms with Crippen LogP contribution in [0.15, 0.2) is 36.5 Å². The van der Waals surface area contributed by atoms with Gasteiger partial charge in [-0.3, -0.25) is 0 Å². The quantitative estimate of drug-likeness (QED) is 0.531. The Hall–Kier alpha value is -0.820. The zero-order valence-electron chi connectivity index (χ0n) is 8.30. The molecule has 2 aliphatic carbocycles. The van der Waals surface area contributed by atoms with Gasteiger partial charge in [0.15, 0.2) is 0 Å². The zero-order chi connectivity index (χ0) is 9.38. The van der Waals surface area contributed by atoms with E-state index in [9.17, 15) is 0 Å². The van der Waals surface area contributed by atoms with Crippen LogP contribution in [0.2, 0.25) is 0 Å². The first kappa shape index (κ1) is 8.49. The van der Waals surface area contributed by atoms with Crippen LogP contribution in [0.5, 0.6) is 0 Å². The average molecular weight is 188 g/mol. The summed E-state index contributed by atoms with van der Waals surface area (Å²) in [6, 6.07) is 0. The predicted octanol–water partition coefficient (Wildman–Crippen LogP) is 2.85. The van der Waals surface area contributed by atoms with Crippen molar-refractivity contribution in [3.05, 3.63) is 36.5 Å². The summed E-state index contributed by atoms with van der Waals surface area (Å²) in [7, 11) is 0. The highest BCUT2D eigenvalue weighted by Crippen LogP contribution is 2.38. The van der Waals surface area contributed by atoms with Crippen LogP contribution in [0, 0.1) is 11.8 Å². The summed E-state index contributed by atoms with van der Waals surface area (Å²) < 4.78 is 5.25. The van der Waals surface area contributed by atoms with Crippen molar-refractivity contribution in [2.24, 2.45) is 11.8 Å². The molecule has 1 fully saturated rings. The van der Waals surface area contributed by atoms with Crippen LogP contribution >= 0.6 is 0 Å². The van der Waals surface area contributed by atoms with Gasteiger partial charge >= 0.3 is 0 Å². The molecule has 0 saturated heterocycles. The number of rotatable bonds is 0. The molecule has 0 spiro atoms. The van der Waals surface area contributed by atoms with E-state index < -0.39 is 0 Å². The van der Waals surface area contributed by atoms with Gasteiger partial charge in [0, 0.05) is 0 Å². The fourth-order valence-electron chi connectivity index (χ4n) is 2.65. The second-order valence-corrected chi connectivity index (χ2v) is 4.55. The van der Waals surface area contributed by atoms with Crippen molar-refractivity contribution < 1.29 is 4.74 Å². The van der Waals surface area contributed by atoms with E-state index in [4.69, 9.17) is 4.74 Å². The van der Waals surface area contributed by atoms with Gasteiger partial charge in [-0.15, -0.1) is 0 Å². The molecule has 1 saturated carbocycles. The lowest BCUT2D eigenvalue weighted by atomic mass is 10.1. The van der Waals surface area contributed by atoms with E-state index in [-0.39, 0.29) is 0 Å². The normalized spacial score (nSPS) is 44.6. The molecule has 74 valence electrons. The third kappa shape index (κ3) is 1.57. The lowest BCUT2D eigenvalue weighted by molar-refractivity contribution is 0.136. The Morgan fingerprint density at radius 3 is 1.36 bits per heavy atom. The molecule has 2 atom stereocenters. The van der Waals surface area contributed by atoms with Crippen molar-refractivity contribution >= 4 is 0 Å². The minimum Gasteiger partial charge on any atom is -0.359 e. The minimum absolute atomic E-state index is 0.310. The number of allylic oxidation sites excluding steroid dienone is 2. The second-order valence-electron chi connectivity index (χ2n) is 4.55. The van der Waals surface area contributed by atoms with Crippen LogP contribution < -0.4 is 0 Å². The molecule has 0 aromatic rings. The zero-order valence-corrected chi connectivity index (χ0v) is 8.30. The molecule has 14 heavy (non-hydrogen) atoms. The standard InChI is InChI=1S/C7H10.C6H6O/c1-2-7-4-3-6(1)5-7;1-2-6-4-3-5(1)7-6/h1-2,6-7H,3-5H2;1-6H/t;5-,6+. The van der Waals surface area contributed by atoms with Gasteiger partial charge in [-0.05, 0) is 31.1 Å². The predicted molar refractivity (Wildman–Crippen MR) is 56.9 cm³/mol. The fraction of sp³-hybridized carbons (Fsp3) is 0.538. The molecule has 2 aliphatic heterocycles. The highest BCUT2D eigenvalue weighted by Gasteiger charge is 2.25. The second kappa shape index (κ2) is 3.39. The molecule has 0 aromatic heterocycles. The molecule has 0 aromatic carbocycles. The topological polar surface area (TPSA) is 9.23 Å². The van der Waals surface area contributed by atoms with Crippen LogP contribution in [0.1, 0.15) is 19.3 Å². The molecule has 0 N–H and O–H groups in total. The van der Waals surface area contributed by atoms with Crippen LogP contribution in [-0.4, -0.2) is 12.2 Å². The van der Waals surface area contributed by atoms with E-state index >= 15 is 0 Å². The molecule has 4 bridgehead atoms. The summed E-state index contributed by atoms with van der Waals surface area (Å²) in [6.07, 6.45) is 18.1. The molecule has 4 aliphatic rings. The number of ether oxygens (including phenoxy) is 1. The Morgan fingerprint density at radius 1 is 0.714 bits per heavy atom. The Balaban J connectivity index is 0.0000000914. The maximum absolute atomic E-state index is 5.25. The third-order valence-electron chi connectivity index (χ3n) is 3.46. The van der Waals surface area contributed by atoms with E-state index in [2.05, 4.69) is 36.5 Å². The van der Waals surface area contributed by atoms with E-state index in [0.717, 1.165) is 11.8 Å². The van der Waals surface area contributed by atoms with Gasteiger partial charge in [0.2, 0.25) is 0 Å². The van der Waals surface area contributed by atoms with E-state index in [1.165, 1.54) is 19.3 Å². The summed E-state index contributed by atoms with van der Waals surface area (Å²) in [4.78, 5) is 0. The molecule has 1 nitrogen and oxygen atoms in total. The third-order valence-corrected chi connectivity index (χ3v) is 3.46. The van der Waals surface area contributed by atoms with E-state index in [0.29, 0.717) is 12.2 Å². The molecular weight excluding hydrogens is 172 g/mol. The molecule has 2 unspecified atom stereocenters. The summed E-state index contributed by atoms with van der Waals surface area (Å²) in [5.74, 6) is 1.98. The van der Waals surface area contributed by atoms with E-state index in [1.54, 1.807) is 0 Å². The first-order valence-corrected chi connectivity index (χ1v) is 5.60.